The zero-order valence-electron chi connectivity index (χ0n) is 72.0. The van der Waals surface area contributed by atoms with Crippen molar-refractivity contribution in [2.75, 3.05) is 87.7 Å². The molecule has 4 amide bonds. The van der Waals surface area contributed by atoms with Crippen LogP contribution in [0.4, 0.5) is 63.1 Å². The molecule has 4 aliphatic rings. The van der Waals surface area contributed by atoms with Crippen LogP contribution < -0.4 is 38.5 Å². The third-order valence-corrected chi connectivity index (χ3v) is 30.9. The van der Waals surface area contributed by atoms with Gasteiger partial charge in [-0.15, -0.1) is 0 Å². The fraction of sp³-hybridized carbons (Fsp3) is 0.168. The Balaban J connectivity index is 0.000000130. The van der Waals surface area contributed by atoms with Gasteiger partial charge < -0.3 is 21.3 Å². The molecule has 4 aliphatic heterocycles. The highest BCUT2D eigenvalue weighted by Crippen LogP contribution is 2.38. The first-order valence-electron chi connectivity index (χ1n) is 43.0. The van der Waals surface area contributed by atoms with Crippen LogP contribution >= 0.6 is 11.6 Å². The molecular weight excluding hydrogens is 1810 g/mol. The minimum absolute atomic E-state index is 0.0669. The third-order valence-electron chi connectivity index (χ3n) is 23.1. The summed E-state index contributed by atoms with van der Waals surface area (Å²) >= 11 is 6.24. The summed E-state index contributed by atoms with van der Waals surface area (Å²) in [6.07, 6.45) is 11.9. The summed E-state index contributed by atoms with van der Waals surface area (Å²) in [5.41, 5.74) is 10.1. The normalized spacial score (nSPS) is 15.3. The minimum atomic E-state index is -3.36. The molecule has 4 saturated heterocycles. The average Bonchev–Trinajstić information content (AvgIpc) is 0.766. The van der Waals surface area contributed by atoms with E-state index in [1.807, 2.05) is 91.9 Å². The second kappa shape index (κ2) is 40.4. The molecule has 682 valence electrons. The van der Waals surface area contributed by atoms with Gasteiger partial charge in [-0.2, -0.15) is 0 Å². The van der Waals surface area contributed by atoms with Gasteiger partial charge in [0.05, 0.1) is 79.8 Å². The van der Waals surface area contributed by atoms with Crippen molar-refractivity contribution in [3.05, 3.63) is 348 Å². The van der Waals surface area contributed by atoms with E-state index in [4.69, 9.17) is 11.6 Å². The van der Waals surface area contributed by atoms with E-state index in [-0.39, 0.29) is 63.2 Å². The predicted octanol–water partition coefficient (Wildman–Crippen LogP) is 20.7. The van der Waals surface area contributed by atoms with Gasteiger partial charge in [-0.1, -0.05) is 96.5 Å². The van der Waals surface area contributed by atoms with E-state index >= 15 is 0 Å². The van der Waals surface area contributed by atoms with Gasteiger partial charge in [-0.05, 0) is 256 Å². The van der Waals surface area contributed by atoms with Crippen molar-refractivity contribution in [2.24, 2.45) is 0 Å². The van der Waals surface area contributed by atoms with Gasteiger partial charge in [0.15, 0.2) is 11.6 Å². The quantitative estimate of drug-likeness (QED) is 0.0653. The lowest BCUT2D eigenvalue weighted by molar-refractivity contribution is 0.101. The highest BCUT2D eigenvalue weighted by atomic mass is 35.5. The third kappa shape index (κ3) is 21.4. The van der Waals surface area contributed by atoms with Crippen LogP contribution in [0.15, 0.2) is 292 Å². The Morgan fingerprint density at radius 3 is 1.11 bits per heavy atom. The van der Waals surface area contributed by atoms with Crippen molar-refractivity contribution in [3.8, 4) is 45.0 Å². The van der Waals surface area contributed by atoms with Crippen LogP contribution in [0, 0.1) is 30.2 Å². The number of amides is 4. The van der Waals surface area contributed by atoms with E-state index in [0.717, 1.165) is 81.7 Å². The number of nitrogens with one attached hydrogen (secondary N) is 4. The van der Waals surface area contributed by atoms with Gasteiger partial charge in [0.25, 0.3) is 23.6 Å². The molecule has 4 fully saturated rings. The van der Waals surface area contributed by atoms with Crippen molar-refractivity contribution in [1.29, 1.82) is 0 Å². The largest absolute Gasteiger partial charge is 0.322 e. The van der Waals surface area contributed by atoms with Crippen LogP contribution in [0.2, 0.25) is 5.02 Å². The predicted molar refractivity (Wildman–Crippen MR) is 520 cm³/mol. The Morgan fingerprint density at radius 1 is 0.336 bits per heavy atom. The number of benzene rings is 11. The molecule has 33 heteroatoms. The second-order valence-electron chi connectivity index (χ2n) is 32.1. The summed E-state index contributed by atoms with van der Waals surface area (Å²) in [4.78, 5) is 68.5. The van der Waals surface area contributed by atoms with E-state index in [1.54, 1.807) is 140 Å². The number of fused-ring (bicyclic) bond motifs is 3. The molecule has 19 rings (SSSR count). The lowest BCUT2D eigenvalue weighted by Gasteiger charge is -2.28. The van der Waals surface area contributed by atoms with E-state index in [2.05, 4.69) is 47.3 Å². The average molecular weight is 1900 g/mol. The molecule has 0 saturated carbocycles. The zero-order chi connectivity index (χ0) is 94.0. The van der Waals surface area contributed by atoms with Crippen LogP contribution in [0.3, 0.4) is 0 Å². The second-order valence-corrected chi connectivity index (χ2v) is 40.6. The molecular formula is C101H87ClF4N12O12S4. The molecule has 8 heterocycles. The Morgan fingerprint density at radius 2 is 0.701 bits per heavy atom. The molecule has 0 unspecified atom stereocenters. The Kier molecular flexibility index (Phi) is 28.0. The van der Waals surface area contributed by atoms with Crippen molar-refractivity contribution in [2.45, 2.75) is 58.3 Å². The number of aryl methyl sites for hydroxylation is 1. The Labute approximate surface area is 777 Å². The number of sulfonamides is 4. The lowest BCUT2D eigenvalue weighted by Crippen LogP contribution is -2.37. The maximum Gasteiger partial charge on any atom is 0.255 e. The molecule has 134 heavy (non-hydrogen) atoms. The summed E-state index contributed by atoms with van der Waals surface area (Å²) in [6, 6.07) is 74.6. The zero-order valence-corrected chi connectivity index (χ0v) is 76.0. The first-order valence-corrected chi connectivity index (χ1v) is 49.8. The van der Waals surface area contributed by atoms with Crippen LogP contribution in [0.1, 0.15) is 98.4 Å². The summed E-state index contributed by atoms with van der Waals surface area (Å²) in [7, 11) is -13.3. The smallest absolute Gasteiger partial charge is 0.255 e. The molecule has 0 atom stereocenters. The highest BCUT2D eigenvalue weighted by molar-refractivity contribution is 7.93. The summed E-state index contributed by atoms with van der Waals surface area (Å²) < 4.78 is 161. The van der Waals surface area contributed by atoms with Crippen molar-refractivity contribution in [1.82, 2.24) is 19.9 Å². The van der Waals surface area contributed by atoms with Gasteiger partial charge in [0.1, 0.15) is 11.6 Å². The first kappa shape index (κ1) is 92.9. The van der Waals surface area contributed by atoms with Gasteiger partial charge in [-0.25, -0.2) is 51.2 Å². The Bertz CT molecular complexity index is 7480. The number of hydrogen-bond acceptors (Lipinski definition) is 16. The maximum atomic E-state index is 14.8. The van der Waals surface area contributed by atoms with Gasteiger partial charge in [0.2, 0.25) is 40.1 Å². The highest BCUT2D eigenvalue weighted by Gasteiger charge is 2.32. The van der Waals surface area contributed by atoms with E-state index in [9.17, 15) is 70.4 Å². The summed E-state index contributed by atoms with van der Waals surface area (Å²) in [5.74, 6) is -4.05. The van der Waals surface area contributed by atoms with Crippen LogP contribution in [-0.2, 0) is 40.1 Å². The molecule has 11 aromatic carbocycles. The number of nitrogens with zero attached hydrogens (tertiary/aromatic N) is 8. The molecule has 4 N–H and O–H groups in total. The molecule has 0 bridgehead atoms. The van der Waals surface area contributed by atoms with Crippen molar-refractivity contribution >= 4 is 153 Å². The molecule has 15 aromatic rings. The molecule has 24 nitrogen and oxygen atoms in total. The van der Waals surface area contributed by atoms with Gasteiger partial charge in [-0.3, -0.25) is 56.3 Å². The topological polar surface area (TPSA) is 317 Å². The number of hydrogen-bond donors (Lipinski definition) is 4. The fourth-order valence-corrected chi connectivity index (χ4v) is 22.9. The number of aromatic nitrogens is 4. The number of carbonyl (C=O) groups is 4. The number of carbonyl (C=O) groups excluding carboxylic acids is 4. The van der Waals surface area contributed by atoms with E-state index in [1.165, 1.54) is 65.9 Å². The number of anilines is 8. The van der Waals surface area contributed by atoms with Crippen LogP contribution in [0.25, 0.3) is 77.3 Å². The first-order chi connectivity index (χ1) is 64.5. The van der Waals surface area contributed by atoms with E-state index in [0.29, 0.717) is 141 Å². The molecule has 0 spiro atoms. The fourth-order valence-electron chi connectivity index (χ4n) is 16.1. The van der Waals surface area contributed by atoms with E-state index < -0.39 is 69.3 Å². The monoisotopic (exact) mass is 1900 g/mol. The van der Waals surface area contributed by atoms with Crippen molar-refractivity contribution in [3.63, 3.8) is 0 Å². The lowest BCUT2D eigenvalue weighted by atomic mass is 10.0. The van der Waals surface area contributed by atoms with Gasteiger partial charge >= 0.3 is 0 Å². The number of pyridine rings is 4. The van der Waals surface area contributed by atoms with Crippen LogP contribution in [-0.4, -0.2) is 126 Å². The van der Waals surface area contributed by atoms with Gasteiger partial charge in [0, 0.05) is 134 Å². The standard InChI is InChI=1S/C27H25N3O3S.C26H21F2N3O3S.C26H22FN3O3S.C22H19ClFN3O3S/c1-19-8-9-22(26-24-7-3-2-6-20(24)14-15-28-26)18-25(19)29-27(31)21-10-12-23(13-11-21)30-16-4-5-17-34(30,32)33;27-23-16-19(15-22(24(23)28)25-21-6-2-1-5-17(21)11-12-29-25)30-26(32)18-7-9-20(10-8-18)31-13-3-4-14-35(31,33)34;27-24-12-9-20(17-23(24)25-22-6-2-1-5-18(22)13-14-28-25)29-26(31)19-7-10-21(11-8-19)30-15-3-4-16-34(30,32)33;23-20-9-6-17(13-19(20)21-10-5-16(24)14-25-21)26-22(28)15-3-7-18(8-4-15)27-11-1-2-12-31(27,29)30/h2-3,6-15,18H,4-5,16-17H2,1H3,(H,29,31);1-2,5-12,15-16H,3-4,13-14H2,(H,30,32);1-2,5-14,17H,3-4,15-16H2,(H,29,31);3-10,13-14H,1-2,11-12H2,(H,26,28). The summed E-state index contributed by atoms with van der Waals surface area (Å²) in [6.45, 7) is 3.70. The van der Waals surface area contributed by atoms with Crippen LogP contribution in [0.5, 0.6) is 0 Å². The minimum Gasteiger partial charge on any atom is -0.322 e. The molecule has 0 radical (unpaired) electrons. The number of rotatable bonds is 16. The SMILES string of the molecule is Cc1ccc(-c2nccc3ccccc23)cc1NC(=O)c1ccc(N2CCCCS2(=O)=O)cc1.O=C(Nc1cc(F)c(F)c(-c2nccc3ccccc23)c1)c1ccc(N2CCCCS2(=O)=O)cc1.O=C(Nc1ccc(Cl)c(-c2ccc(F)cn2)c1)c1ccc(N2CCCCS2(=O)=O)cc1.O=C(Nc1ccc(F)c(-c2nccc3ccccc23)c1)c1ccc(N2CCCCS2(=O)=O)cc1. The Hall–Kier alpha value is -14.3. The molecule has 4 aromatic heterocycles. The maximum absolute atomic E-state index is 14.8. The molecule has 0 aliphatic carbocycles. The number of halogens is 5. The summed E-state index contributed by atoms with van der Waals surface area (Å²) in [5, 5.41) is 17.0. The van der Waals surface area contributed by atoms with Crippen molar-refractivity contribution < 1.29 is 70.4 Å².